The first kappa shape index (κ1) is 20.1. The van der Waals surface area contributed by atoms with Crippen LogP contribution >= 0.6 is 50.5 Å². The second-order valence-electron chi connectivity index (χ2n) is 4.21. The number of esters is 2. The molecular formula is C12H20O4S4. The van der Waals surface area contributed by atoms with E-state index in [4.69, 9.17) is 9.47 Å². The Balaban J connectivity index is 3.97. The molecule has 0 radical (unpaired) electrons. The summed E-state index contributed by atoms with van der Waals surface area (Å²) in [6, 6.07) is 0. The zero-order valence-corrected chi connectivity index (χ0v) is 14.9. The monoisotopic (exact) mass is 356 g/mol. The van der Waals surface area contributed by atoms with Crippen LogP contribution in [0.2, 0.25) is 0 Å². The molecule has 0 rings (SSSR count). The second-order valence-corrected chi connectivity index (χ2v) is 7.16. The van der Waals surface area contributed by atoms with Gasteiger partial charge in [0, 0.05) is 33.2 Å². The predicted octanol–water partition coefficient (Wildman–Crippen LogP) is 1.86. The maximum absolute atomic E-state index is 11.3. The first-order valence-electron chi connectivity index (χ1n) is 5.98. The molecular weight excluding hydrogens is 336 g/mol. The van der Waals surface area contributed by atoms with Gasteiger partial charge < -0.3 is 9.47 Å². The number of carbonyl (C=O) groups excluding carboxylic acids is 2. The molecule has 20 heavy (non-hydrogen) atoms. The van der Waals surface area contributed by atoms with Crippen molar-refractivity contribution in [2.45, 2.75) is 34.8 Å². The van der Waals surface area contributed by atoms with Crippen molar-refractivity contribution in [3.05, 3.63) is 12.2 Å². The Kier molecular flexibility index (Phi) is 10.8. The number of carbonyl (C=O) groups is 2. The maximum atomic E-state index is 11.3. The minimum absolute atomic E-state index is 0.00405. The predicted molar refractivity (Wildman–Crippen MR) is 93.5 cm³/mol. The molecule has 0 aromatic heterocycles. The van der Waals surface area contributed by atoms with E-state index in [1.54, 1.807) is 0 Å². The van der Waals surface area contributed by atoms with E-state index in [1.165, 1.54) is 0 Å². The third kappa shape index (κ3) is 9.90. The summed E-state index contributed by atoms with van der Waals surface area (Å²) in [7, 11) is 0. The third-order valence-corrected chi connectivity index (χ3v) is 4.64. The van der Waals surface area contributed by atoms with Crippen molar-refractivity contribution < 1.29 is 19.1 Å². The lowest BCUT2D eigenvalue weighted by atomic mass is 10.3. The van der Waals surface area contributed by atoms with Crippen molar-refractivity contribution in [2.75, 3.05) is 13.2 Å². The van der Waals surface area contributed by atoms with Crippen LogP contribution in [0.15, 0.2) is 12.2 Å². The Morgan fingerprint density at radius 3 is 1.40 bits per heavy atom. The van der Waals surface area contributed by atoms with Crippen molar-refractivity contribution in [1.82, 2.24) is 0 Å². The van der Waals surface area contributed by atoms with Crippen LogP contribution in [0.4, 0.5) is 0 Å². The average molecular weight is 357 g/mol. The van der Waals surface area contributed by atoms with E-state index in [0.29, 0.717) is 0 Å². The minimum atomic E-state index is -0.625. The van der Waals surface area contributed by atoms with Crippen molar-refractivity contribution >= 4 is 62.5 Å². The Bertz CT molecular complexity index is 312. The highest BCUT2D eigenvalue weighted by Gasteiger charge is 2.12. The first-order valence-corrected chi connectivity index (χ1v) is 8.04. The van der Waals surface area contributed by atoms with Crippen LogP contribution in [0.5, 0.6) is 0 Å². The van der Waals surface area contributed by atoms with Gasteiger partial charge in [0.25, 0.3) is 0 Å². The SMILES string of the molecule is CC(S)C(S)COC(=O)C=CC(=O)OCC(S)C(C)S. The third-order valence-electron chi connectivity index (χ3n) is 2.26. The van der Waals surface area contributed by atoms with Gasteiger partial charge in [0.1, 0.15) is 13.2 Å². The molecule has 8 heteroatoms. The van der Waals surface area contributed by atoms with Gasteiger partial charge in [-0.2, -0.15) is 50.5 Å². The van der Waals surface area contributed by atoms with E-state index in [-0.39, 0.29) is 34.2 Å². The van der Waals surface area contributed by atoms with E-state index >= 15 is 0 Å². The molecule has 0 amide bonds. The quantitative estimate of drug-likeness (QED) is 0.305. The summed E-state index contributed by atoms with van der Waals surface area (Å²) in [5.41, 5.74) is 0. The molecule has 4 nitrogen and oxygen atoms in total. The van der Waals surface area contributed by atoms with Crippen LogP contribution in [0.25, 0.3) is 0 Å². The number of hydrogen-bond donors (Lipinski definition) is 4. The Hall–Kier alpha value is 0.0800. The van der Waals surface area contributed by atoms with Gasteiger partial charge in [0.15, 0.2) is 0 Å². The Morgan fingerprint density at radius 2 is 1.15 bits per heavy atom. The van der Waals surface area contributed by atoms with Crippen LogP contribution in [0.1, 0.15) is 13.8 Å². The molecule has 0 saturated carbocycles. The van der Waals surface area contributed by atoms with Crippen molar-refractivity contribution in [3.63, 3.8) is 0 Å². The number of hydrogen-bond acceptors (Lipinski definition) is 8. The van der Waals surface area contributed by atoms with Gasteiger partial charge >= 0.3 is 11.9 Å². The van der Waals surface area contributed by atoms with E-state index in [2.05, 4.69) is 50.5 Å². The molecule has 0 aromatic carbocycles. The number of ether oxygens (including phenoxy) is 2. The summed E-state index contributed by atoms with van der Waals surface area (Å²) in [4.78, 5) is 22.6. The van der Waals surface area contributed by atoms with Crippen molar-refractivity contribution in [1.29, 1.82) is 0 Å². The average Bonchev–Trinajstić information content (AvgIpc) is 2.39. The fourth-order valence-electron chi connectivity index (χ4n) is 0.846. The lowest BCUT2D eigenvalue weighted by Gasteiger charge is -2.13. The summed E-state index contributed by atoms with van der Waals surface area (Å²) < 4.78 is 9.79. The molecule has 0 fully saturated rings. The maximum Gasteiger partial charge on any atom is 0.331 e. The van der Waals surface area contributed by atoms with Gasteiger partial charge in [-0.15, -0.1) is 0 Å². The summed E-state index contributed by atoms with van der Waals surface area (Å²) in [6.45, 7) is 3.94. The zero-order chi connectivity index (χ0) is 15.7. The highest BCUT2D eigenvalue weighted by molar-refractivity contribution is 7.85. The van der Waals surface area contributed by atoms with Crippen LogP contribution in [-0.2, 0) is 19.1 Å². The Morgan fingerprint density at radius 1 is 0.850 bits per heavy atom. The van der Waals surface area contributed by atoms with Gasteiger partial charge in [0.05, 0.1) is 0 Å². The van der Waals surface area contributed by atoms with Gasteiger partial charge in [0.2, 0.25) is 0 Å². The van der Waals surface area contributed by atoms with Crippen molar-refractivity contribution in [3.8, 4) is 0 Å². The van der Waals surface area contributed by atoms with E-state index < -0.39 is 11.9 Å². The molecule has 116 valence electrons. The topological polar surface area (TPSA) is 52.6 Å². The van der Waals surface area contributed by atoms with Crippen molar-refractivity contribution in [2.24, 2.45) is 0 Å². The second kappa shape index (κ2) is 10.8. The molecule has 0 aliphatic heterocycles. The molecule has 4 atom stereocenters. The molecule has 0 saturated heterocycles. The van der Waals surface area contributed by atoms with Gasteiger partial charge in [-0.25, -0.2) is 9.59 Å². The molecule has 0 aliphatic carbocycles. The molecule has 0 spiro atoms. The van der Waals surface area contributed by atoms with Crippen LogP contribution < -0.4 is 0 Å². The van der Waals surface area contributed by atoms with E-state index in [9.17, 15) is 9.59 Å². The first-order chi connectivity index (χ1) is 9.23. The molecule has 0 bridgehead atoms. The molecule has 0 aromatic rings. The summed E-state index contributed by atoms with van der Waals surface area (Å²) >= 11 is 16.7. The van der Waals surface area contributed by atoms with Gasteiger partial charge in [-0.1, -0.05) is 13.8 Å². The zero-order valence-electron chi connectivity index (χ0n) is 11.3. The normalized spacial score (nSPS) is 17.3. The molecule has 0 aliphatic rings. The van der Waals surface area contributed by atoms with Crippen LogP contribution in [0, 0.1) is 0 Å². The summed E-state index contributed by atoms with van der Waals surface area (Å²) in [5, 5.41) is -0.333. The standard InChI is InChI=1S/C12H20O4S4/c1-7(17)9(19)5-15-11(13)3-4-12(14)16-6-10(20)8(2)18/h3-4,7-10,17-20H,5-6H2,1-2H3. The number of thiol groups is 4. The summed E-state index contributed by atoms with van der Waals surface area (Å²) in [6.07, 6.45) is 2.04. The summed E-state index contributed by atoms with van der Waals surface area (Å²) in [5.74, 6) is -1.25. The number of rotatable bonds is 8. The smallest absolute Gasteiger partial charge is 0.331 e. The van der Waals surface area contributed by atoms with Gasteiger partial charge in [-0.05, 0) is 0 Å². The minimum Gasteiger partial charge on any atom is -0.461 e. The highest BCUT2D eigenvalue weighted by atomic mass is 32.1. The lowest BCUT2D eigenvalue weighted by molar-refractivity contribution is -0.140. The van der Waals surface area contributed by atoms with Crippen LogP contribution in [-0.4, -0.2) is 46.2 Å². The lowest BCUT2D eigenvalue weighted by Crippen LogP contribution is -2.21. The van der Waals surface area contributed by atoms with Crippen LogP contribution in [0.3, 0.4) is 0 Å². The fourth-order valence-corrected chi connectivity index (χ4v) is 1.17. The van der Waals surface area contributed by atoms with E-state index in [0.717, 1.165) is 12.2 Å². The largest absolute Gasteiger partial charge is 0.461 e. The van der Waals surface area contributed by atoms with Gasteiger partial charge in [-0.3, -0.25) is 0 Å². The molecule has 4 unspecified atom stereocenters. The highest BCUT2D eigenvalue weighted by Crippen LogP contribution is 2.09. The fraction of sp³-hybridized carbons (Fsp3) is 0.667. The Labute approximate surface area is 141 Å². The molecule has 0 heterocycles. The van der Waals surface area contributed by atoms with E-state index in [1.807, 2.05) is 13.8 Å². The molecule has 0 N–H and O–H groups in total.